The van der Waals surface area contributed by atoms with Crippen molar-refractivity contribution in [2.24, 2.45) is 0 Å². The quantitative estimate of drug-likeness (QED) is 0.835. The van der Waals surface area contributed by atoms with E-state index in [1.54, 1.807) is 0 Å². The van der Waals surface area contributed by atoms with Crippen molar-refractivity contribution >= 4 is 33.5 Å². The van der Waals surface area contributed by atoms with Gasteiger partial charge in [-0.3, -0.25) is 9.59 Å². The Hall–Kier alpha value is -1.38. The molecule has 0 unspecified atom stereocenters. The van der Waals surface area contributed by atoms with Crippen molar-refractivity contribution in [1.29, 1.82) is 0 Å². The maximum Gasteiger partial charge on any atom is 0.322 e. The number of sulfonamides is 1. The molecule has 1 aliphatic rings. The third-order valence-electron chi connectivity index (χ3n) is 2.99. The summed E-state index contributed by atoms with van der Waals surface area (Å²) < 4.78 is 25.8. The number of aliphatic carboxylic acids is 1. The summed E-state index contributed by atoms with van der Waals surface area (Å²) in [6.45, 7) is 1.39. The molecule has 1 fully saturated rings. The van der Waals surface area contributed by atoms with Crippen LogP contribution in [0.2, 0.25) is 0 Å². The van der Waals surface area contributed by atoms with Gasteiger partial charge >= 0.3 is 5.97 Å². The monoisotopic (exact) mass is 315 g/mol. The summed E-state index contributed by atoms with van der Waals surface area (Å²) in [6.07, 6.45) is 0. The number of carbonyl (C=O) groups is 2. The number of hydrogen-bond donors (Lipinski definition) is 1. The minimum atomic E-state index is -3.85. The molecule has 0 saturated carbocycles. The molecule has 6 nitrogen and oxygen atoms in total. The molecule has 2 rings (SSSR count). The number of carboxylic acid groups (broad SMARTS) is 1. The van der Waals surface area contributed by atoms with E-state index in [-0.39, 0.29) is 22.3 Å². The highest BCUT2D eigenvalue weighted by Crippen LogP contribution is 2.28. The standard InChI is InChI=1S/C12H13NO5S2/c1-8(14)9-2-4-10(5-3-9)20(17,18)13-7-19-6-11(13)12(15)16/h2-5,11H,6-7H2,1H3,(H,15,16)/t11-/m0/s1. The minimum absolute atomic E-state index is 0.00347. The van der Waals surface area contributed by atoms with Crippen LogP contribution in [0.3, 0.4) is 0 Å². The van der Waals surface area contributed by atoms with Gasteiger partial charge in [-0.2, -0.15) is 4.31 Å². The zero-order chi connectivity index (χ0) is 14.9. The normalized spacial score (nSPS) is 19.9. The lowest BCUT2D eigenvalue weighted by molar-refractivity contribution is -0.140. The Morgan fingerprint density at radius 1 is 1.30 bits per heavy atom. The van der Waals surface area contributed by atoms with E-state index in [4.69, 9.17) is 5.11 Å². The van der Waals surface area contributed by atoms with Crippen LogP contribution >= 0.6 is 11.8 Å². The molecule has 1 aliphatic heterocycles. The van der Waals surface area contributed by atoms with Crippen LogP contribution in [0.1, 0.15) is 17.3 Å². The van der Waals surface area contributed by atoms with Crippen LogP contribution in [0.15, 0.2) is 29.2 Å². The molecule has 1 N–H and O–H groups in total. The number of carboxylic acids is 1. The molecule has 1 atom stereocenters. The number of rotatable bonds is 4. The van der Waals surface area contributed by atoms with Gasteiger partial charge in [0.05, 0.1) is 10.8 Å². The van der Waals surface area contributed by atoms with E-state index < -0.39 is 22.0 Å². The molecule has 0 aliphatic carbocycles. The molecule has 0 bridgehead atoms. The third-order valence-corrected chi connectivity index (χ3v) is 6.04. The average Bonchev–Trinajstić information content (AvgIpc) is 2.89. The topological polar surface area (TPSA) is 91.8 Å². The summed E-state index contributed by atoms with van der Waals surface area (Å²) in [6, 6.07) is 4.46. The van der Waals surface area contributed by atoms with Crippen LogP contribution in [0.5, 0.6) is 0 Å². The van der Waals surface area contributed by atoms with Crippen molar-refractivity contribution in [3.05, 3.63) is 29.8 Å². The van der Waals surface area contributed by atoms with Gasteiger partial charge in [0.1, 0.15) is 6.04 Å². The molecule has 0 aromatic heterocycles. The van der Waals surface area contributed by atoms with Gasteiger partial charge in [0.15, 0.2) is 5.78 Å². The Labute approximate surface area is 120 Å². The summed E-state index contributed by atoms with van der Waals surface area (Å²) in [4.78, 5) is 22.2. The van der Waals surface area contributed by atoms with E-state index in [1.165, 1.54) is 43.0 Å². The Balaban J connectivity index is 2.35. The Morgan fingerprint density at radius 3 is 2.40 bits per heavy atom. The highest BCUT2D eigenvalue weighted by molar-refractivity contribution is 8.00. The number of hydrogen-bond acceptors (Lipinski definition) is 5. The van der Waals surface area contributed by atoms with E-state index in [0.717, 1.165) is 4.31 Å². The minimum Gasteiger partial charge on any atom is -0.480 e. The molecular weight excluding hydrogens is 302 g/mol. The Kier molecular flexibility index (Phi) is 4.17. The molecule has 1 aromatic carbocycles. The molecular formula is C12H13NO5S2. The van der Waals surface area contributed by atoms with Crippen molar-refractivity contribution in [2.75, 3.05) is 11.6 Å². The van der Waals surface area contributed by atoms with Gasteiger partial charge in [0.25, 0.3) is 0 Å². The van der Waals surface area contributed by atoms with Gasteiger partial charge in [0, 0.05) is 11.3 Å². The first-order chi connectivity index (χ1) is 9.34. The lowest BCUT2D eigenvalue weighted by atomic mass is 10.2. The van der Waals surface area contributed by atoms with E-state index >= 15 is 0 Å². The zero-order valence-electron chi connectivity index (χ0n) is 10.6. The molecule has 1 heterocycles. The molecule has 1 saturated heterocycles. The number of carbonyl (C=O) groups excluding carboxylic acids is 1. The highest BCUT2D eigenvalue weighted by atomic mass is 32.2. The van der Waals surface area contributed by atoms with Crippen molar-refractivity contribution in [1.82, 2.24) is 4.31 Å². The van der Waals surface area contributed by atoms with Crippen molar-refractivity contribution in [3.8, 4) is 0 Å². The van der Waals surface area contributed by atoms with E-state index in [0.29, 0.717) is 5.56 Å². The fraction of sp³-hybridized carbons (Fsp3) is 0.333. The molecule has 108 valence electrons. The molecule has 20 heavy (non-hydrogen) atoms. The maximum atomic E-state index is 12.4. The predicted molar refractivity (Wildman–Crippen MR) is 74.2 cm³/mol. The van der Waals surface area contributed by atoms with Crippen LogP contribution in [0.4, 0.5) is 0 Å². The summed E-state index contributed by atoms with van der Waals surface area (Å²) >= 11 is 1.26. The van der Waals surface area contributed by atoms with Crippen molar-refractivity contribution < 1.29 is 23.1 Å². The first-order valence-electron chi connectivity index (χ1n) is 5.77. The Morgan fingerprint density at radius 2 is 1.90 bits per heavy atom. The third kappa shape index (κ3) is 2.72. The highest BCUT2D eigenvalue weighted by Gasteiger charge is 2.39. The largest absolute Gasteiger partial charge is 0.480 e. The second kappa shape index (κ2) is 5.55. The molecule has 0 amide bonds. The summed E-state index contributed by atoms with van der Waals surface area (Å²) in [7, 11) is -3.85. The summed E-state index contributed by atoms with van der Waals surface area (Å²) in [5.74, 6) is -0.957. The SMILES string of the molecule is CC(=O)c1ccc(S(=O)(=O)N2CSC[C@H]2C(=O)O)cc1. The first-order valence-corrected chi connectivity index (χ1v) is 8.37. The van der Waals surface area contributed by atoms with E-state index in [2.05, 4.69) is 0 Å². The van der Waals surface area contributed by atoms with Gasteiger partial charge in [-0.1, -0.05) is 12.1 Å². The van der Waals surface area contributed by atoms with Crippen molar-refractivity contribution in [2.45, 2.75) is 17.9 Å². The first kappa shape index (κ1) is 15.0. The second-order valence-electron chi connectivity index (χ2n) is 4.33. The number of ketones is 1. The van der Waals surface area contributed by atoms with Crippen LogP contribution < -0.4 is 0 Å². The summed E-state index contributed by atoms with van der Waals surface area (Å²) in [5, 5.41) is 9.05. The van der Waals surface area contributed by atoms with Gasteiger partial charge < -0.3 is 5.11 Å². The molecule has 1 aromatic rings. The van der Waals surface area contributed by atoms with E-state index in [1.807, 2.05) is 0 Å². The average molecular weight is 315 g/mol. The second-order valence-corrected chi connectivity index (χ2v) is 7.22. The maximum absolute atomic E-state index is 12.4. The fourth-order valence-corrected chi connectivity index (χ4v) is 4.99. The van der Waals surface area contributed by atoms with Crippen LogP contribution in [-0.2, 0) is 14.8 Å². The number of Topliss-reactive ketones (excluding diaryl/α,β-unsaturated/α-hetero) is 1. The number of benzene rings is 1. The predicted octanol–water partition coefficient (Wildman–Crippen LogP) is 1.04. The van der Waals surface area contributed by atoms with Gasteiger partial charge in [-0.15, -0.1) is 11.8 Å². The van der Waals surface area contributed by atoms with Crippen LogP contribution in [0.25, 0.3) is 0 Å². The summed E-state index contributed by atoms with van der Waals surface area (Å²) in [5.41, 5.74) is 0.412. The number of nitrogens with zero attached hydrogens (tertiary/aromatic N) is 1. The fourth-order valence-electron chi connectivity index (χ4n) is 1.86. The lowest BCUT2D eigenvalue weighted by Crippen LogP contribution is -2.41. The van der Waals surface area contributed by atoms with E-state index in [9.17, 15) is 18.0 Å². The molecule has 0 spiro atoms. The van der Waals surface area contributed by atoms with Crippen LogP contribution in [0, 0.1) is 0 Å². The molecule has 8 heteroatoms. The zero-order valence-corrected chi connectivity index (χ0v) is 12.3. The Bertz CT molecular complexity index is 638. The van der Waals surface area contributed by atoms with Crippen molar-refractivity contribution in [3.63, 3.8) is 0 Å². The number of thioether (sulfide) groups is 1. The molecule has 0 radical (unpaired) electrons. The smallest absolute Gasteiger partial charge is 0.322 e. The van der Waals surface area contributed by atoms with Crippen LogP contribution in [-0.4, -0.2) is 47.3 Å². The van der Waals surface area contributed by atoms with Gasteiger partial charge in [-0.05, 0) is 19.1 Å². The lowest BCUT2D eigenvalue weighted by Gasteiger charge is -2.20. The van der Waals surface area contributed by atoms with Gasteiger partial charge in [0.2, 0.25) is 10.0 Å². The van der Waals surface area contributed by atoms with Gasteiger partial charge in [-0.25, -0.2) is 8.42 Å².